The number of halogens is 1. The summed E-state index contributed by atoms with van der Waals surface area (Å²) in [7, 11) is 0. The van der Waals surface area contributed by atoms with Gasteiger partial charge in [0.25, 0.3) is 0 Å². The lowest BCUT2D eigenvalue weighted by atomic mass is 9.87. The molecule has 0 amide bonds. The zero-order valence-corrected chi connectivity index (χ0v) is 14.1. The van der Waals surface area contributed by atoms with Gasteiger partial charge in [-0.25, -0.2) is 9.78 Å². The van der Waals surface area contributed by atoms with Crippen molar-refractivity contribution in [3.63, 3.8) is 0 Å². The average molecular weight is 349 g/mol. The topological polar surface area (TPSA) is 85.9 Å². The van der Waals surface area contributed by atoms with Crippen LogP contribution in [0.4, 0.5) is 0 Å². The smallest absolute Gasteiger partial charge is 0.379 e. The molecule has 24 heavy (non-hydrogen) atoms. The van der Waals surface area contributed by atoms with Gasteiger partial charge in [0.1, 0.15) is 5.82 Å². The second-order valence-corrected chi connectivity index (χ2v) is 6.97. The van der Waals surface area contributed by atoms with Crippen molar-refractivity contribution >= 4 is 22.6 Å². The molecule has 1 saturated heterocycles. The van der Waals surface area contributed by atoms with Crippen molar-refractivity contribution in [1.82, 2.24) is 19.7 Å². The van der Waals surface area contributed by atoms with E-state index in [2.05, 4.69) is 38.1 Å². The molecule has 0 aliphatic carbocycles. The fraction of sp³-hybridized carbons (Fsp3) is 0.438. The Kier molecular flexibility index (Phi) is 3.51. The molecule has 8 heteroatoms. The van der Waals surface area contributed by atoms with Crippen molar-refractivity contribution in [2.24, 2.45) is 5.41 Å². The summed E-state index contributed by atoms with van der Waals surface area (Å²) in [6.07, 6.45) is 0. The predicted molar refractivity (Wildman–Crippen MR) is 89.0 cm³/mol. The molecule has 1 N–H and O–H groups in total. The maximum Gasteiger partial charge on any atom is 0.439 e. The number of benzene rings is 1. The number of H-pyrrole nitrogens is 1. The van der Waals surface area contributed by atoms with Crippen LogP contribution < -0.4 is 5.76 Å². The van der Waals surface area contributed by atoms with Gasteiger partial charge >= 0.3 is 5.76 Å². The molecule has 0 radical (unpaired) electrons. The first-order valence-corrected chi connectivity index (χ1v) is 8.24. The van der Waals surface area contributed by atoms with Crippen molar-refractivity contribution < 1.29 is 9.26 Å². The first-order chi connectivity index (χ1) is 11.5. The van der Waals surface area contributed by atoms with Crippen LogP contribution in [0.5, 0.6) is 0 Å². The molecule has 0 unspecified atom stereocenters. The van der Waals surface area contributed by atoms with Crippen molar-refractivity contribution in [1.29, 1.82) is 0 Å². The molecule has 0 saturated carbocycles. The summed E-state index contributed by atoms with van der Waals surface area (Å²) in [5.41, 5.74) is 2.53. The van der Waals surface area contributed by atoms with Gasteiger partial charge < -0.3 is 9.30 Å². The lowest BCUT2D eigenvalue weighted by molar-refractivity contribution is 0.166. The third-order valence-electron chi connectivity index (χ3n) is 4.56. The normalized spacial score (nSPS) is 20.0. The third kappa shape index (κ3) is 2.35. The van der Waals surface area contributed by atoms with E-state index in [1.165, 1.54) is 0 Å². The monoisotopic (exact) mass is 348 g/mol. The van der Waals surface area contributed by atoms with Gasteiger partial charge in [-0.1, -0.05) is 19.0 Å². The fourth-order valence-corrected chi connectivity index (χ4v) is 3.45. The minimum absolute atomic E-state index is 0.0212. The summed E-state index contributed by atoms with van der Waals surface area (Å²) < 4.78 is 12.4. The first-order valence-electron chi connectivity index (χ1n) is 7.70. The van der Waals surface area contributed by atoms with Crippen LogP contribution in [0, 0.1) is 5.41 Å². The van der Waals surface area contributed by atoms with Gasteiger partial charge in [-0.15, -0.1) is 11.6 Å². The number of nitrogens with one attached hydrogen (secondary N) is 1. The number of hydrogen-bond donors (Lipinski definition) is 1. The number of rotatable bonds is 3. The second kappa shape index (κ2) is 5.46. The van der Waals surface area contributed by atoms with Crippen LogP contribution in [0.1, 0.15) is 25.7 Å². The molecular formula is C16H17ClN4O3. The van der Waals surface area contributed by atoms with Crippen LogP contribution in [0.2, 0.25) is 0 Å². The quantitative estimate of drug-likeness (QED) is 0.735. The Balaban J connectivity index is 1.92. The Morgan fingerprint density at radius 2 is 2.29 bits per heavy atom. The summed E-state index contributed by atoms with van der Waals surface area (Å²) in [5.74, 6) is 0.938. The molecule has 1 aromatic carbocycles. The summed E-state index contributed by atoms with van der Waals surface area (Å²) >= 11 is 6.14. The maximum absolute atomic E-state index is 11.2. The van der Waals surface area contributed by atoms with Crippen LogP contribution in [0.25, 0.3) is 22.4 Å². The first kappa shape index (κ1) is 15.4. The molecule has 2 aromatic heterocycles. The standard InChI is InChI=1S/C16H17ClN4O3/c1-16(2)8-23-7-12(16)21-11-5-9(14-19-15(22)24-20-14)3-4-10(11)18-13(21)6-17/h3-5,12H,6-8H2,1-2H3,(H,19,20,22)/t12-/m1/s1. The van der Waals surface area contributed by atoms with E-state index in [9.17, 15) is 4.79 Å². The molecule has 7 nitrogen and oxygen atoms in total. The highest BCUT2D eigenvalue weighted by molar-refractivity contribution is 6.16. The molecule has 1 fully saturated rings. The lowest BCUT2D eigenvalue weighted by Crippen LogP contribution is -2.26. The molecule has 3 aromatic rings. The fourth-order valence-electron chi connectivity index (χ4n) is 3.27. The third-order valence-corrected chi connectivity index (χ3v) is 4.80. The van der Waals surface area contributed by atoms with Gasteiger partial charge in [0, 0.05) is 11.0 Å². The van der Waals surface area contributed by atoms with Gasteiger partial charge in [0.15, 0.2) is 5.82 Å². The van der Waals surface area contributed by atoms with Gasteiger partial charge in [0.2, 0.25) is 0 Å². The molecule has 3 heterocycles. The summed E-state index contributed by atoms with van der Waals surface area (Å²) in [6, 6.07) is 5.83. The highest BCUT2D eigenvalue weighted by Gasteiger charge is 2.38. The zero-order chi connectivity index (χ0) is 16.9. The van der Waals surface area contributed by atoms with Crippen molar-refractivity contribution in [2.45, 2.75) is 25.8 Å². The van der Waals surface area contributed by atoms with Crippen molar-refractivity contribution in [2.75, 3.05) is 13.2 Å². The Labute approximate surface area is 142 Å². The van der Waals surface area contributed by atoms with E-state index in [-0.39, 0.29) is 11.5 Å². The van der Waals surface area contributed by atoms with E-state index >= 15 is 0 Å². The molecular weight excluding hydrogens is 332 g/mol. The molecule has 4 rings (SSSR count). The largest absolute Gasteiger partial charge is 0.439 e. The van der Waals surface area contributed by atoms with Crippen LogP contribution in [-0.4, -0.2) is 32.9 Å². The van der Waals surface area contributed by atoms with E-state index < -0.39 is 5.76 Å². The van der Waals surface area contributed by atoms with Crippen LogP contribution in [0.3, 0.4) is 0 Å². The maximum atomic E-state index is 11.2. The van der Waals surface area contributed by atoms with E-state index in [4.69, 9.17) is 16.3 Å². The van der Waals surface area contributed by atoms with E-state index in [0.29, 0.717) is 24.9 Å². The summed E-state index contributed by atoms with van der Waals surface area (Å²) in [5, 5.41) is 3.75. The zero-order valence-electron chi connectivity index (χ0n) is 13.4. The van der Waals surface area contributed by atoms with E-state index in [1.807, 2.05) is 18.2 Å². The highest BCUT2D eigenvalue weighted by atomic mass is 35.5. The minimum atomic E-state index is -0.578. The SMILES string of the molecule is CC1(C)COC[C@H]1n1c(CCl)nc2ccc(-c3noc(=O)[nH]3)cc21. The van der Waals surface area contributed by atoms with Crippen LogP contribution >= 0.6 is 11.6 Å². The Morgan fingerprint density at radius 1 is 1.46 bits per heavy atom. The predicted octanol–water partition coefficient (Wildman–Crippen LogP) is 2.72. The van der Waals surface area contributed by atoms with Crippen LogP contribution in [-0.2, 0) is 10.6 Å². The van der Waals surface area contributed by atoms with Gasteiger partial charge in [-0.3, -0.25) is 9.51 Å². The molecule has 0 spiro atoms. The second-order valence-electron chi connectivity index (χ2n) is 6.70. The van der Waals surface area contributed by atoms with Crippen LogP contribution in [0.15, 0.2) is 27.5 Å². The number of aromatic amines is 1. The minimum Gasteiger partial charge on any atom is -0.379 e. The Bertz CT molecular complexity index is 956. The molecule has 126 valence electrons. The van der Waals surface area contributed by atoms with Gasteiger partial charge in [-0.05, 0) is 18.2 Å². The molecule has 1 aliphatic heterocycles. The van der Waals surface area contributed by atoms with Crippen molar-refractivity contribution in [3.05, 3.63) is 34.6 Å². The number of ether oxygens (including phenoxy) is 1. The Hall–Kier alpha value is -2.12. The van der Waals surface area contributed by atoms with Crippen molar-refractivity contribution in [3.8, 4) is 11.4 Å². The number of hydrogen-bond acceptors (Lipinski definition) is 5. The van der Waals surface area contributed by atoms with E-state index in [1.54, 1.807) is 0 Å². The number of fused-ring (bicyclic) bond motifs is 1. The number of nitrogens with zero attached hydrogens (tertiary/aromatic N) is 3. The number of imidazole rings is 1. The Morgan fingerprint density at radius 3 is 2.92 bits per heavy atom. The number of aromatic nitrogens is 4. The molecule has 1 aliphatic rings. The lowest BCUT2D eigenvalue weighted by Gasteiger charge is -2.27. The highest BCUT2D eigenvalue weighted by Crippen LogP contribution is 2.40. The summed E-state index contributed by atoms with van der Waals surface area (Å²) in [6.45, 7) is 5.66. The average Bonchev–Trinajstić information content (AvgIpc) is 3.22. The number of alkyl halides is 1. The van der Waals surface area contributed by atoms with Gasteiger partial charge in [-0.2, -0.15) is 0 Å². The molecule has 1 atom stereocenters. The van der Waals surface area contributed by atoms with Gasteiger partial charge in [0.05, 0.1) is 36.2 Å². The van der Waals surface area contributed by atoms with E-state index in [0.717, 1.165) is 22.4 Å². The summed E-state index contributed by atoms with van der Waals surface area (Å²) in [4.78, 5) is 18.4. The molecule has 0 bridgehead atoms.